The summed E-state index contributed by atoms with van der Waals surface area (Å²) in [6, 6.07) is 3.56. The van der Waals surface area contributed by atoms with E-state index < -0.39 is 82.4 Å². The van der Waals surface area contributed by atoms with Crippen molar-refractivity contribution in [1.82, 2.24) is 15.3 Å². The van der Waals surface area contributed by atoms with Gasteiger partial charge >= 0.3 is 18.0 Å². The number of ether oxygens (including phenoxy) is 6. The van der Waals surface area contributed by atoms with E-state index in [1.165, 1.54) is 35.8 Å². The third-order valence-electron chi connectivity index (χ3n) is 14.0. The summed E-state index contributed by atoms with van der Waals surface area (Å²) >= 11 is 8.14. The number of anilines is 1. The molecule has 6 rings (SSSR count). The van der Waals surface area contributed by atoms with Crippen molar-refractivity contribution in [2.75, 3.05) is 45.1 Å². The fraction of sp³-hybridized carbons (Fsp3) is 0.633. The van der Waals surface area contributed by atoms with E-state index in [1.54, 1.807) is 59.0 Å². The molecule has 1 aromatic carbocycles. The van der Waals surface area contributed by atoms with Crippen molar-refractivity contribution in [3.8, 4) is 5.75 Å². The van der Waals surface area contributed by atoms with Crippen LogP contribution in [0.4, 0.5) is 10.5 Å². The number of benzene rings is 1. The molecule has 1 aliphatic carbocycles. The van der Waals surface area contributed by atoms with Crippen molar-refractivity contribution in [1.29, 1.82) is 0 Å². The number of rotatable bonds is 16. The zero-order valence-electron chi connectivity index (χ0n) is 41.3. The number of nitrogens with zero attached hydrogens (tertiary/aromatic N) is 3. The number of esters is 1. The number of allylic oxidation sites excluding steroid dienone is 3. The predicted molar refractivity (Wildman–Crippen MR) is 256 cm³/mol. The number of nitrogens with one attached hydrogen (secondary N) is 1. The lowest BCUT2D eigenvalue weighted by atomic mass is 9.82. The van der Waals surface area contributed by atoms with Gasteiger partial charge in [-0.15, -0.1) is 16.8 Å². The second kappa shape index (κ2) is 23.2. The number of amides is 6. The number of methoxy groups -OCH3 is 2. The van der Waals surface area contributed by atoms with Crippen molar-refractivity contribution in [2.24, 2.45) is 17.8 Å². The van der Waals surface area contributed by atoms with Gasteiger partial charge in [0.1, 0.15) is 34.7 Å². The first-order chi connectivity index (χ1) is 33.6. The Bertz CT molecular complexity index is 2260. The molecule has 8 atom stereocenters. The first kappa shape index (κ1) is 55.3. The van der Waals surface area contributed by atoms with Crippen molar-refractivity contribution < 1.29 is 76.7 Å². The maximum absolute atomic E-state index is 14.3. The molecule has 4 bridgehead atoms. The molecule has 1 aromatic rings. The summed E-state index contributed by atoms with van der Waals surface area (Å²) in [4.78, 5) is 109. The number of carbonyl (C=O) groups excluding carboxylic acids is 8. The molecular formula is C49H65ClN4O16S. The zero-order valence-corrected chi connectivity index (χ0v) is 42.9. The first-order valence-corrected chi connectivity index (χ1v) is 25.1. The fourth-order valence-corrected chi connectivity index (χ4v) is 11.0. The SMILES string of the molecule is COc1cc2cc(c1Cl)N(C)C(=O)C[C@H](OC(=O)C(C)(C)OCCCSC1CC(=O)N(CC3CCC(C(=O)ON(C=O)C=O)CC3)C1=O)[C@]1(C)O[C@H]1[C@H](C)C1C[C@@](O)(NC(=O)O1)[C@H](OC)/C=C/C=C(\C)C2. The second-order valence-electron chi connectivity index (χ2n) is 19.5. The van der Waals surface area contributed by atoms with Crippen LogP contribution in [0.5, 0.6) is 5.75 Å². The molecule has 5 aliphatic rings. The van der Waals surface area contributed by atoms with Crippen LogP contribution < -0.4 is 15.0 Å². The summed E-state index contributed by atoms with van der Waals surface area (Å²) in [7, 11) is 4.45. The molecule has 2 unspecified atom stereocenters. The molecule has 3 saturated heterocycles. The third kappa shape index (κ3) is 13.0. The number of likely N-dealkylation sites (tertiary alicyclic amines) is 1. The summed E-state index contributed by atoms with van der Waals surface area (Å²) in [6.45, 7) is 8.79. The van der Waals surface area contributed by atoms with Crippen LogP contribution in [0.3, 0.4) is 0 Å². The highest BCUT2D eigenvalue weighted by atomic mass is 35.5. The lowest BCUT2D eigenvalue weighted by Gasteiger charge is -2.42. The molecule has 390 valence electrons. The molecular weight excluding hydrogens is 968 g/mol. The Kier molecular flexibility index (Phi) is 18.1. The molecule has 4 fully saturated rings. The van der Waals surface area contributed by atoms with Gasteiger partial charge in [0.2, 0.25) is 17.7 Å². The summed E-state index contributed by atoms with van der Waals surface area (Å²) in [5.41, 5.74) is -2.62. The standard InChI is InChI=1S/C49H65ClN4O16S/c1-28-11-9-12-37(65-8)49(63)24-35(67-46(62)51-49)29(2)42-48(5,69-42)38(23-39(57)52(6)33-20-31(19-28)21-34(64-7)41(33)50)68-45(61)47(3,4)66-17-10-18-71-36-22-40(58)54(43(36)59)25-30-13-15-32(16-14-30)44(60)70-53(26-55)27-56/h9,11-12,20-21,26-27,29-30,32,35-38,42,63H,10,13-19,22-25H2,1-8H3,(H,51,62)/b12-9+,28-11+/t29-,30?,32?,35?,36?,37-,38+,42+,48+,49+/m1/s1. The fourth-order valence-electron chi connectivity index (χ4n) is 9.61. The van der Waals surface area contributed by atoms with Crippen molar-refractivity contribution in [3.63, 3.8) is 0 Å². The van der Waals surface area contributed by atoms with Crippen LogP contribution in [0.25, 0.3) is 0 Å². The molecule has 6 amide bonds. The van der Waals surface area contributed by atoms with E-state index in [2.05, 4.69) is 5.32 Å². The summed E-state index contributed by atoms with van der Waals surface area (Å²) in [6.07, 6.45) is 3.18. The topological polar surface area (TPSA) is 246 Å². The van der Waals surface area contributed by atoms with E-state index in [4.69, 9.17) is 44.9 Å². The largest absolute Gasteiger partial charge is 0.495 e. The van der Waals surface area contributed by atoms with Crippen LogP contribution >= 0.6 is 23.4 Å². The molecule has 1 saturated carbocycles. The Balaban J connectivity index is 1.10. The summed E-state index contributed by atoms with van der Waals surface area (Å²) in [5.74, 6) is -2.81. The smallest absolute Gasteiger partial charge is 0.409 e. The third-order valence-corrected chi connectivity index (χ3v) is 15.7. The van der Waals surface area contributed by atoms with Crippen molar-refractivity contribution >= 4 is 77.6 Å². The monoisotopic (exact) mass is 1030 g/mol. The molecule has 0 radical (unpaired) electrons. The molecule has 0 aromatic heterocycles. The average Bonchev–Trinajstić information content (AvgIpc) is 3.96. The Labute approximate surface area is 422 Å². The van der Waals surface area contributed by atoms with E-state index in [0.29, 0.717) is 55.7 Å². The van der Waals surface area contributed by atoms with E-state index in [9.17, 15) is 43.5 Å². The predicted octanol–water partition coefficient (Wildman–Crippen LogP) is 4.59. The van der Waals surface area contributed by atoms with Gasteiger partial charge in [-0.25, -0.2) is 14.4 Å². The molecule has 4 aliphatic heterocycles. The lowest BCUT2D eigenvalue weighted by molar-refractivity contribution is -0.194. The quantitative estimate of drug-likeness (QED) is 0.0574. The number of fused-ring (bicyclic) bond motifs is 5. The first-order valence-electron chi connectivity index (χ1n) is 23.7. The van der Waals surface area contributed by atoms with E-state index in [-0.39, 0.29) is 73.1 Å². The normalized spacial score (nSPS) is 31.5. The highest BCUT2D eigenvalue weighted by Gasteiger charge is 2.65. The highest BCUT2D eigenvalue weighted by Crippen LogP contribution is 2.49. The van der Waals surface area contributed by atoms with E-state index >= 15 is 0 Å². The summed E-state index contributed by atoms with van der Waals surface area (Å²) < 4.78 is 35.6. The van der Waals surface area contributed by atoms with E-state index in [1.807, 2.05) is 13.0 Å². The number of thioether (sulfide) groups is 1. The number of hydrogen-bond donors (Lipinski definition) is 2. The maximum atomic E-state index is 14.3. The molecule has 71 heavy (non-hydrogen) atoms. The second-order valence-corrected chi connectivity index (χ2v) is 21.2. The van der Waals surface area contributed by atoms with Gasteiger partial charge in [-0.2, -0.15) is 0 Å². The van der Waals surface area contributed by atoms with Gasteiger partial charge < -0.3 is 43.3 Å². The van der Waals surface area contributed by atoms with Gasteiger partial charge in [-0.3, -0.25) is 34.2 Å². The van der Waals surface area contributed by atoms with Crippen LogP contribution in [0, 0.1) is 17.8 Å². The minimum atomic E-state index is -1.87. The lowest BCUT2D eigenvalue weighted by Crippen LogP contribution is -2.63. The molecule has 20 nitrogen and oxygen atoms in total. The molecule has 4 heterocycles. The minimum Gasteiger partial charge on any atom is -0.495 e. The number of imide groups is 2. The Morgan fingerprint density at radius 1 is 1.07 bits per heavy atom. The number of carbonyl (C=O) groups is 8. The van der Waals surface area contributed by atoms with Gasteiger partial charge in [0.15, 0.2) is 11.3 Å². The van der Waals surface area contributed by atoms with Gasteiger partial charge in [-0.1, -0.05) is 42.3 Å². The van der Waals surface area contributed by atoms with Gasteiger partial charge in [0, 0.05) is 46.1 Å². The van der Waals surface area contributed by atoms with Gasteiger partial charge in [0.25, 0.3) is 12.8 Å². The number of hydrogen-bond acceptors (Lipinski definition) is 17. The Morgan fingerprint density at radius 3 is 2.44 bits per heavy atom. The van der Waals surface area contributed by atoms with Crippen LogP contribution in [-0.2, 0) is 68.5 Å². The van der Waals surface area contributed by atoms with Crippen LogP contribution in [-0.4, -0.2) is 150 Å². The minimum absolute atomic E-state index is 0.0147. The van der Waals surface area contributed by atoms with Crippen LogP contribution in [0.2, 0.25) is 5.02 Å². The van der Waals surface area contributed by atoms with Gasteiger partial charge in [0.05, 0.1) is 36.5 Å². The maximum Gasteiger partial charge on any atom is 0.409 e. The molecule has 0 spiro atoms. The van der Waals surface area contributed by atoms with Gasteiger partial charge in [-0.05, 0) is 95.6 Å². The highest BCUT2D eigenvalue weighted by molar-refractivity contribution is 8.00. The number of alkyl carbamates (subject to hydrolysis) is 1. The van der Waals surface area contributed by atoms with Crippen LogP contribution in [0.1, 0.15) is 91.5 Å². The summed E-state index contributed by atoms with van der Waals surface area (Å²) in [5, 5.41) is 14.2. The van der Waals surface area contributed by atoms with Crippen molar-refractivity contribution in [3.05, 3.63) is 46.5 Å². The average molecular weight is 1030 g/mol. The van der Waals surface area contributed by atoms with E-state index in [0.717, 1.165) is 11.1 Å². The number of hydroxylamine groups is 2. The van der Waals surface area contributed by atoms with Crippen LogP contribution in [0.15, 0.2) is 35.9 Å². The Hall–Kier alpha value is -5.06. The molecule has 22 heteroatoms. The van der Waals surface area contributed by atoms with Crippen molar-refractivity contribution in [2.45, 2.75) is 139 Å². The molecule has 2 N–H and O–H groups in total. The zero-order chi connectivity index (χ0) is 52.0. The number of epoxide rings is 1. The Morgan fingerprint density at radius 2 is 1.77 bits per heavy atom. The number of aliphatic hydroxyl groups is 1. The number of halogens is 1.